The number of anilines is 2. The van der Waals surface area contributed by atoms with E-state index < -0.39 is 11.5 Å². The monoisotopic (exact) mass is 497 g/mol. The van der Waals surface area contributed by atoms with Crippen molar-refractivity contribution in [2.24, 2.45) is 11.8 Å². The number of aromatic nitrogens is 2. The van der Waals surface area contributed by atoms with Gasteiger partial charge in [-0.05, 0) is 44.4 Å². The molecule has 1 saturated carbocycles. The van der Waals surface area contributed by atoms with Gasteiger partial charge in [0.1, 0.15) is 16.7 Å². The molecular formula is C25H31N5O4S. The van der Waals surface area contributed by atoms with E-state index in [9.17, 15) is 14.4 Å². The van der Waals surface area contributed by atoms with E-state index in [1.54, 1.807) is 18.5 Å². The molecule has 186 valence electrons. The molecule has 0 aromatic carbocycles. The Kier molecular flexibility index (Phi) is 6.59. The van der Waals surface area contributed by atoms with Crippen LogP contribution in [0.3, 0.4) is 0 Å². The van der Waals surface area contributed by atoms with Crippen molar-refractivity contribution in [3.63, 3.8) is 0 Å². The lowest BCUT2D eigenvalue weighted by atomic mass is 9.76. The molecule has 0 bridgehead atoms. The first kappa shape index (κ1) is 23.9. The zero-order valence-corrected chi connectivity index (χ0v) is 20.9. The molecule has 2 fully saturated rings. The minimum Gasteiger partial charge on any atom is -0.381 e. The van der Waals surface area contributed by atoms with Crippen LogP contribution in [0.1, 0.15) is 65.7 Å². The minimum absolute atomic E-state index is 0.0395. The first-order valence-corrected chi connectivity index (χ1v) is 13.1. The molecule has 3 aliphatic rings. The lowest BCUT2D eigenvalue weighted by Gasteiger charge is -2.32. The van der Waals surface area contributed by atoms with Gasteiger partial charge in [0.05, 0.1) is 22.3 Å². The number of hydrogen-bond acceptors (Lipinski definition) is 7. The minimum atomic E-state index is -0.677. The maximum Gasteiger partial charge on any atom is 0.263 e. The highest BCUT2D eigenvalue weighted by molar-refractivity contribution is 7.13. The molecule has 1 atom stereocenters. The van der Waals surface area contributed by atoms with E-state index in [0.29, 0.717) is 48.4 Å². The molecule has 3 amide bonds. The Morgan fingerprint density at radius 3 is 2.60 bits per heavy atom. The van der Waals surface area contributed by atoms with Crippen LogP contribution in [-0.4, -0.2) is 46.9 Å². The number of nitrogens with one attached hydrogen (secondary N) is 3. The summed E-state index contributed by atoms with van der Waals surface area (Å²) in [5.74, 6) is 0.400. The molecule has 2 aromatic rings. The second-order valence-corrected chi connectivity index (χ2v) is 11.2. The van der Waals surface area contributed by atoms with Crippen molar-refractivity contribution in [1.29, 1.82) is 0 Å². The summed E-state index contributed by atoms with van der Waals surface area (Å²) >= 11 is 1.31. The van der Waals surface area contributed by atoms with Crippen molar-refractivity contribution in [3.05, 3.63) is 33.9 Å². The smallest absolute Gasteiger partial charge is 0.263 e. The van der Waals surface area contributed by atoms with Crippen LogP contribution >= 0.6 is 11.3 Å². The summed E-state index contributed by atoms with van der Waals surface area (Å²) in [4.78, 5) is 48.3. The van der Waals surface area contributed by atoms with Gasteiger partial charge < -0.3 is 20.7 Å². The Morgan fingerprint density at radius 1 is 1.17 bits per heavy atom. The molecule has 1 saturated heterocycles. The molecule has 3 N–H and O–H groups in total. The number of fused-ring (bicyclic) bond motifs is 2. The predicted octanol–water partition coefficient (Wildman–Crippen LogP) is 3.41. The third-order valence-electron chi connectivity index (χ3n) is 7.65. The second kappa shape index (κ2) is 9.66. The Balaban J connectivity index is 1.34. The summed E-state index contributed by atoms with van der Waals surface area (Å²) in [6.07, 6.45) is 8.26. The number of carbonyl (C=O) groups excluding carboxylic acids is 3. The van der Waals surface area contributed by atoms with Crippen LogP contribution in [0.25, 0.3) is 0 Å². The van der Waals surface area contributed by atoms with Gasteiger partial charge in [-0.25, -0.2) is 9.97 Å². The van der Waals surface area contributed by atoms with Crippen LogP contribution in [0.15, 0.2) is 18.5 Å². The van der Waals surface area contributed by atoms with E-state index in [2.05, 4.69) is 32.8 Å². The van der Waals surface area contributed by atoms with E-state index in [1.807, 2.05) is 6.92 Å². The van der Waals surface area contributed by atoms with Gasteiger partial charge >= 0.3 is 0 Å². The molecule has 9 nitrogen and oxygen atoms in total. The van der Waals surface area contributed by atoms with E-state index in [0.717, 1.165) is 36.3 Å². The van der Waals surface area contributed by atoms with Crippen LogP contribution in [-0.2, 0) is 19.7 Å². The first-order chi connectivity index (χ1) is 16.9. The van der Waals surface area contributed by atoms with Gasteiger partial charge in [-0.1, -0.05) is 19.8 Å². The van der Waals surface area contributed by atoms with Crippen LogP contribution in [0, 0.1) is 18.8 Å². The van der Waals surface area contributed by atoms with Gasteiger partial charge in [0, 0.05) is 31.0 Å². The standard InChI is InChI=1S/C25H31N5O4S/c1-14-3-5-16(6-4-14)21(30-22(31)19-13-26-15(2)35-19)23(32)29-20-11-18-17(12-27-20)25(24(33)28-18)7-9-34-10-8-25/h11-14,16,21H,3-10H2,1-2H3,(H,28,33)(H,30,31)(H,27,29,32)/t14?,16?,21-/m0/s1. The zero-order valence-electron chi connectivity index (χ0n) is 20.1. The first-order valence-electron chi connectivity index (χ1n) is 12.3. The Morgan fingerprint density at radius 2 is 1.91 bits per heavy atom. The van der Waals surface area contributed by atoms with Crippen molar-refractivity contribution >= 4 is 40.6 Å². The van der Waals surface area contributed by atoms with Crippen molar-refractivity contribution in [3.8, 4) is 0 Å². The van der Waals surface area contributed by atoms with Crippen molar-refractivity contribution in [1.82, 2.24) is 15.3 Å². The molecule has 1 aliphatic carbocycles. The molecule has 0 radical (unpaired) electrons. The SMILES string of the molecule is Cc1ncc(C(=O)N[C@H](C(=O)Nc2cc3c(cn2)C2(CCOCC2)C(=O)N3)C2CCC(C)CC2)s1. The molecule has 2 aromatic heterocycles. The highest BCUT2D eigenvalue weighted by Gasteiger charge is 2.48. The molecule has 5 rings (SSSR count). The molecule has 1 spiro atoms. The maximum absolute atomic E-state index is 13.4. The van der Waals surface area contributed by atoms with Gasteiger partial charge in [0.25, 0.3) is 5.91 Å². The Bertz CT molecular complexity index is 1130. The lowest BCUT2D eigenvalue weighted by Crippen LogP contribution is -2.49. The summed E-state index contributed by atoms with van der Waals surface area (Å²) in [6.45, 7) is 5.13. The molecule has 10 heteroatoms. The molecule has 35 heavy (non-hydrogen) atoms. The highest BCUT2D eigenvalue weighted by Crippen LogP contribution is 2.44. The highest BCUT2D eigenvalue weighted by atomic mass is 32.1. The average Bonchev–Trinajstić information content (AvgIpc) is 3.39. The van der Waals surface area contributed by atoms with Crippen molar-refractivity contribution in [2.45, 2.75) is 63.8 Å². The van der Waals surface area contributed by atoms with Crippen molar-refractivity contribution in [2.75, 3.05) is 23.8 Å². The van der Waals surface area contributed by atoms with Gasteiger partial charge in [-0.2, -0.15) is 0 Å². The Hall–Kier alpha value is -2.85. The van der Waals surface area contributed by atoms with Crippen LogP contribution in [0.5, 0.6) is 0 Å². The maximum atomic E-state index is 13.4. The van der Waals surface area contributed by atoms with Crippen molar-refractivity contribution < 1.29 is 19.1 Å². The Labute approximate surface area is 208 Å². The summed E-state index contributed by atoms with van der Waals surface area (Å²) in [5.41, 5.74) is 0.926. The van der Waals surface area contributed by atoms with E-state index >= 15 is 0 Å². The number of aryl methyl sites for hydroxylation is 1. The van der Waals surface area contributed by atoms with Crippen LogP contribution in [0.2, 0.25) is 0 Å². The quantitative estimate of drug-likeness (QED) is 0.582. The number of carbonyl (C=O) groups is 3. The molecule has 2 aliphatic heterocycles. The largest absolute Gasteiger partial charge is 0.381 e. The fourth-order valence-corrected chi connectivity index (χ4v) is 6.17. The number of thiazole rings is 1. The zero-order chi connectivity index (χ0) is 24.6. The van der Waals surface area contributed by atoms with E-state index in [-0.39, 0.29) is 23.6 Å². The second-order valence-electron chi connectivity index (χ2n) is 9.97. The summed E-state index contributed by atoms with van der Waals surface area (Å²) in [7, 11) is 0. The van der Waals surface area contributed by atoms with Gasteiger partial charge in [0.2, 0.25) is 11.8 Å². The molecule has 0 unspecified atom stereocenters. The van der Waals surface area contributed by atoms with Crippen LogP contribution in [0.4, 0.5) is 11.5 Å². The van der Waals surface area contributed by atoms with E-state index in [4.69, 9.17) is 4.74 Å². The predicted molar refractivity (Wildman–Crippen MR) is 132 cm³/mol. The van der Waals surface area contributed by atoms with Crippen LogP contribution < -0.4 is 16.0 Å². The van der Waals surface area contributed by atoms with Gasteiger partial charge in [-0.15, -0.1) is 11.3 Å². The van der Waals surface area contributed by atoms with Gasteiger partial charge in [0.15, 0.2) is 0 Å². The number of amides is 3. The summed E-state index contributed by atoms with van der Waals surface area (Å²) < 4.78 is 5.46. The number of hydrogen-bond donors (Lipinski definition) is 3. The fraction of sp³-hybridized carbons (Fsp3) is 0.560. The lowest BCUT2D eigenvalue weighted by molar-refractivity contribution is -0.124. The number of ether oxygens (including phenoxy) is 1. The van der Waals surface area contributed by atoms with E-state index in [1.165, 1.54) is 11.3 Å². The molecular weight excluding hydrogens is 466 g/mol. The number of nitrogens with zero attached hydrogens (tertiary/aromatic N) is 2. The molecule has 4 heterocycles. The third kappa shape index (κ3) is 4.69. The number of pyridine rings is 1. The third-order valence-corrected chi connectivity index (χ3v) is 8.56. The average molecular weight is 498 g/mol. The fourth-order valence-electron chi connectivity index (χ4n) is 5.49. The summed E-state index contributed by atoms with van der Waals surface area (Å²) in [6, 6.07) is 1.04. The number of rotatable bonds is 5. The normalized spacial score (nSPS) is 23.9. The topological polar surface area (TPSA) is 122 Å². The van der Waals surface area contributed by atoms with Gasteiger partial charge in [-0.3, -0.25) is 14.4 Å². The summed E-state index contributed by atoms with van der Waals surface area (Å²) in [5, 5.41) is 9.62.